The normalized spacial score (nSPS) is 15.9. The molecule has 0 saturated carbocycles. The van der Waals surface area contributed by atoms with E-state index in [1.54, 1.807) is 7.05 Å². The van der Waals surface area contributed by atoms with Gasteiger partial charge < -0.3 is 10.2 Å². The SMILES string of the molecule is CNC(=O)CN(C)C(=O)CN1CCN(S(=O)(=O)c2c(C)c(C)cc(C)c2C)CC1. The fraction of sp³-hybridized carbons (Fsp3) is 0.600. The zero-order valence-corrected chi connectivity index (χ0v) is 19.0. The van der Waals surface area contributed by atoms with E-state index >= 15 is 0 Å². The summed E-state index contributed by atoms with van der Waals surface area (Å²) in [4.78, 5) is 27.4. The third-order valence-corrected chi connectivity index (χ3v) is 7.84. The molecule has 2 rings (SSSR count). The molecule has 0 radical (unpaired) electrons. The molecule has 29 heavy (non-hydrogen) atoms. The van der Waals surface area contributed by atoms with Gasteiger partial charge in [0, 0.05) is 40.3 Å². The van der Waals surface area contributed by atoms with Gasteiger partial charge in [-0.1, -0.05) is 6.07 Å². The van der Waals surface area contributed by atoms with Crippen LogP contribution in [-0.4, -0.2) is 87.7 Å². The molecule has 1 heterocycles. The number of benzene rings is 1. The van der Waals surface area contributed by atoms with E-state index in [1.165, 1.54) is 16.3 Å². The molecule has 0 unspecified atom stereocenters. The summed E-state index contributed by atoms with van der Waals surface area (Å²) in [5.74, 6) is -0.387. The van der Waals surface area contributed by atoms with Gasteiger partial charge in [-0.05, 0) is 49.9 Å². The number of piperazine rings is 1. The van der Waals surface area contributed by atoms with Crippen LogP contribution in [0.3, 0.4) is 0 Å². The minimum absolute atomic E-state index is 0.00887. The van der Waals surface area contributed by atoms with Crippen LogP contribution < -0.4 is 5.32 Å². The highest BCUT2D eigenvalue weighted by atomic mass is 32.2. The molecule has 0 aliphatic carbocycles. The number of hydrogen-bond acceptors (Lipinski definition) is 5. The Kier molecular flexibility index (Phi) is 7.42. The van der Waals surface area contributed by atoms with E-state index in [0.29, 0.717) is 31.1 Å². The average molecular weight is 425 g/mol. The van der Waals surface area contributed by atoms with Gasteiger partial charge in [0.05, 0.1) is 18.0 Å². The molecule has 162 valence electrons. The van der Waals surface area contributed by atoms with Crippen molar-refractivity contribution in [1.82, 2.24) is 19.4 Å². The van der Waals surface area contributed by atoms with E-state index < -0.39 is 10.0 Å². The summed E-state index contributed by atoms with van der Waals surface area (Å²) in [6, 6.07) is 2.02. The summed E-state index contributed by atoms with van der Waals surface area (Å²) >= 11 is 0. The average Bonchev–Trinajstić information content (AvgIpc) is 2.66. The highest BCUT2D eigenvalue weighted by molar-refractivity contribution is 7.89. The summed E-state index contributed by atoms with van der Waals surface area (Å²) in [7, 11) is -0.483. The van der Waals surface area contributed by atoms with Gasteiger partial charge in [0.2, 0.25) is 21.8 Å². The quantitative estimate of drug-likeness (QED) is 0.715. The van der Waals surface area contributed by atoms with Crippen molar-refractivity contribution in [2.45, 2.75) is 32.6 Å². The van der Waals surface area contributed by atoms with E-state index in [9.17, 15) is 18.0 Å². The van der Waals surface area contributed by atoms with Gasteiger partial charge in [0.15, 0.2) is 0 Å². The first-order chi connectivity index (χ1) is 13.5. The molecule has 2 amide bonds. The zero-order valence-electron chi connectivity index (χ0n) is 18.2. The van der Waals surface area contributed by atoms with Crippen LogP contribution in [0.1, 0.15) is 22.3 Å². The van der Waals surface area contributed by atoms with Crippen molar-refractivity contribution in [2.24, 2.45) is 0 Å². The molecule has 8 nitrogen and oxygen atoms in total. The Balaban J connectivity index is 2.06. The molecule has 1 aromatic rings. The number of rotatable bonds is 6. The molecular weight excluding hydrogens is 392 g/mol. The first kappa shape index (κ1) is 23.3. The van der Waals surface area contributed by atoms with Crippen LogP contribution in [0.5, 0.6) is 0 Å². The van der Waals surface area contributed by atoms with Crippen LogP contribution in [-0.2, 0) is 19.6 Å². The number of likely N-dealkylation sites (N-methyl/N-ethyl adjacent to an activating group) is 2. The Morgan fingerprint density at radius 1 is 1.03 bits per heavy atom. The van der Waals surface area contributed by atoms with E-state index in [2.05, 4.69) is 5.32 Å². The van der Waals surface area contributed by atoms with Gasteiger partial charge >= 0.3 is 0 Å². The third-order valence-electron chi connectivity index (χ3n) is 5.67. The van der Waals surface area contributed by atoms with E-state index in [-0.39, 0.29) is 24.9 Å². The molecule has 0 aromatic heterocycles. The Bertz CT molecular complexity index is 864. The highest BCUT2D eigenvalue weighted by Crippen LogP contribution is 2.29. The number of carbonyl (C=O) groups excluding carboxylic acids is 2. The molecule has 0 bridgehead atoms. The topological polar surface area (TPSA) is 90.0 Å². The van der Waals surface area contributed by atoms with Crippen molar-refractivity contribution < 1.29 is 18.0 Å². The van der Waals surface area contributed by atoms with Gasteiger partial charge in [0.1, 0.15) is 0 Å². The molecule has 1 aliphatic rings. The molecule has 1 aliphatic heterocycles. The van der Waals surface area contributed by atoms with Crippen molar-refractivity contribution in [3.8, 4) is 0 Å². The van der Waals surface area contributed by atoms with Gasteiger partial charge in [0.25, 0.3) is 0 Å². The van der Waals surface area contributed by atoms with Crippen molar-refractivity contribution in [1.29, 1.82) is 0 Å². The summed E-state index contributed by atoms with van der Waals surface area (Å²) in [6.45, 7) is 9.36. The molecule has 1 saturated heterocycles. The van der Waals surface area contributed by atoms with E-state index in [4.69, 9.17) is 0 Å². The number of nitrogens with one attached hydrogen (secondary N) is 1. The van der Waals surface area contributed by atoms with Crippen LogP contribution in [0, 0.1) is 27.7 Å². The summed E-state index contributed by atoms with van der Waals surface area (Å²) in [6.07, 6.45) is 0. The molecule has 9 heteroatoms. The van der Waals surface area contributed by atoms with Crippen LogP contribution in [0.4, 0.5) is 0 Å². The van der Waals surface area contributed by atoms with Gasteiger partial charge in [-0.3, -0.25) is 14.5 Å². The lowest BCUT2D eigenvalue weighted by atomic mass is 10.0. The van der Waals surface area contributed by atoms with Crippen LogP contribution >= 0.6 is 0 Å². The maximum Gasteiger partial charge on any atom is 0.243 e. The Labute approximate surface area is 173 Å². The summed E-state index contributed by atoms with van der Waals surface area (Å²) in [5.41, 5.74) is 3.52. The largest absolute Gasteiger partial charge is 0.358 e. The first-order valence-corrected chi connectivity index (χ1v) is 11.2. The number of aryl methyl sites for hydroxylation is 2. The molecule has 1 aromatic carbocycles. The minimum atomic E-state index is -3.60. The maximum atomic E-state index is 13.3. The van der Waals surface area contributed by atoms with Crippen LogP contribution in [0.25, 0.3) is 0 Å². The fourth-order valence-electron chi connectivity index (χ4n) is 3.52. The zero-order chi connectivity index (χ0) is 21.9. The number of carbonyl (C=O) groups is 2. The fourth-order valence-corrected chi connectivity index (χ4v) is 5.52. The number of sulfonamides is 1. The molecular formula is C20H32N4O4S. The van der Waals surface area contributed by atoms with Gasteiger partial charge in [-0.2, -0.15) is 4.31 Å². The molecule has 1 fully saturated rings. The minimum Gasteiger partial charge on any atom is -0.358 e. The third kappa shape index (κ3) is 5.15. The molecule has 0 atom stereocenters. The van der Waals surface area contributed by atoms with Crippen LogP contribution in [0.2, 0.25) is 0 Å². The second-order valence-electron chi connectivity index (χ2n) is 7.69. The monoisotopic (exact) mass is 424 g/mol. The first-order valence-electron chi connectivity index (χ1n) is 9.73. The Morgan fingerprint density at radius 3 is 2.03 bits per heavy atom. The summed E-state index contributed by atoms with van der Waals surface area (Å²) in [5, 5.41) is 2.49. The smallest absolute Gasteiger partial charge is 0.243 e. The second kappa shape index (κ2) is 9.23. The lowest BCUT2D eigenvalue weighted by Crippen LogP contribution is -2.51. The van der Waals surface area contributed by atoms with Crippen LogP contribution in [0.15, 0.2) is 11.0 Å². The van der Waals surface area contributed by atoms with Gasteiger partial charge in [-0.25, -0.2) is 8.42 Å². The van der Waals surface area contributed by atoms with Crippen molar-refractivity contribution in [2.75, 3.05) is 53.4 Å². The predicted octanol–water partition coefficient (Wildman–Crippen LogP) is 0.431. The van der Waals surface area contributed by atoms with Crippen molar-refractivity contribution in [3.63, 3.8) is 0 Å². The summed E-state index contributed by atoms with van der Waals surface area (Å²) < 4.78 is 28.1. The Hall–Kier alpha value is -1.97. The van der Waals surface area contributed by atoms with E-state index in [1.807, 2.05) is 38.7 Å². The molecule has 0 spiro atoms. The predicted molar refractivity (Wildman–Crippen MR) is 112 cm³/mol. The number of nitrogens with zero attached hydrogens (tertiary/aromatic N) is 3. The number of hydrogen-bond donors (Lipinski definition) is 1. The van der Waals surface area contributed by atoms with Crippen molar-refractivity contribution >= 4 is 21.8 Å². The number of amides is 2. The lowest BCUT2D eigenvalue weighted by Gasteiger charge is -2.35. The van der Waals surface area contributed by atoms with Crippen molar-refractivity contribution in [3.05, 3.63) is 28.3 Å². The Morgan fingerprint density at radius 2 is 1.55 bits per heavy atom. The van der Waals surface area contributed by atoms with Gasteiger partial charge in [-0.15, -0.1) is 0 Å². The second-order valence-corrected chi connectivity index (χ2v) is 9.57. The van der Waals surface area contributed by atoms with E-state index in [0.717, 1.165) is 22.3 Å². The standard InChI is InChI=1S/C20H32N4O4S/c1-14-11-15(2)17(4)20(16(14)3)29(27,28)24-9-7-23(8-10-24)13-19(26)22(6)12-18(25)21-5/h11H,7-10,12-13H2,1-6H3,(H,21,25). The maximum absolute atomic E-state index is 13.3. The lowest BCUT2D eigenvalue weighted by molar-refractivity contribution is -0.135. The highest BCUT2D eigenvalue weighted by Gasteiger charge is 2.32. The molecule has 1 N–H and O–H groups in total.